The van der Waals surface area contributed by atoms with Crippen LogP contribution in [0.5, 0.6) is 0 Å². The number of fused-ring (bicyclic) bond motifs is 8. The van der Waals surface area contributed by atoms with E-state index in [0.717, 1.165) is 46.1 Å². The van der Waals surface area contributed by atoms with Crippen LogP contribution in [0.2, 0.25) is 0 Å². The van der Waals surface area contributed by atoms with Gasteiger partial charge >= 0.3 is 0 Å². The molecular weight excluding hydrogens is 679 g/mol. The number of nitrogens with zero attached hydrogens (tertiary/aromatic N) is 3. The normalized spacial score (nSPS) is 17.3. The zero-order chi connectivity index (χ0) is 37.4. The van der Waals surface area contributed by atoms with Crippen molar-refractivity contribution in [2.45, 2.75) is 38.0 Å². The third-order valence-corrected chi connectivity index (χ3v) is 12.6. The molecule has 2 unspecified atom stereocenters. The largest absolute Gasteiger partial charge is 0.310 e. The topological polar surface area (TPSA) is 30.7 Å². The van der Waals surface area contributed by atoms with Crippen molar-refractivity contribution in [3.63, 3.8) is 0 Å². The van der Waals surface area contributed by atoms with Gasteiger partial charge in [-0.25, -0.2) is 9.97 Å². The van der Waals surface area contributed by atoms with E-state index in [1.54, 1.807) is 0 Å². The van der Waals surface area contributed by atoms with Crippen LogP contribution < -0.4 is 10.6 Å². The Hall–Kier alpha value is -6.58. The number of hydrogen-bond acceptors (Lipinski definition) is 2. The highest BCUT2D eigenvalue weighted by Crippen LogP contribution is 2.58. The van der Waals surface area contributed by atoms with Crippen LogP contribution in [0.1, 0.15) is 55.0 Å². The van der Waals surface area contributed by atoms with Gasteiger partial charge in [0.05, 0.1) is 22.3 Å². The molecule has 0 saturated carbocycles. The summed E-state index contributed by atoms with van der Waals surface area (Å²) >= 11 is 0. The van der Waals surface area contributed by atoms with Crippen molar-refractivity contribution < 1.29 is 0 Å². The summed E-state index contributed by atoms with van der Waals surface area (Å²) in [6.07, 6.45) is 11.4. The first kappa shape index (κ1) is 32.8. The number of hydrogen-bond donors (Lipinski definition) is 0. The summed E-state index contributed by atoms with van der Waals surface area (Å²) in [6, 6.07) is 55.2. The second-order valence-corrected chi connectivity index (χ2v) is 16.1. The Morgan fingerprint density at radius 1 is 0.589 bits per heavy atom. The van der Waals surface area contributed by atoms with Crippen molar-refractivity contribution in [3.05, 3.63) is 191 Å². The number of aromatic nitrogens is 3. The molecule has 3 heteroatoms. The standard InChI is InChI=1S/C53H41N3/c1-53(2)44-19-11-9-17-41(44)49-45(53)30-32-48-50(49)43-33-39(29-31-47(43)56(48)40-15-7-4-8-16-40)36-23-27-38(28-24-36)52-54-46-20-12-10-18-42(46)51(55-52)37-25-21-35(22-26-37)34-13-5-3-6-14-34/h3-9,11,13-33,45,49H,10,12H2,1-2H3. The molecule has 3 aliphatic rings. The third-order valence-electron chi connectivity index (χ3n) is 12.6. The van der Waals surface area contributed by atoms with E-state index >= 15 is 0 Å². The lowest BCUT2D eigenvalue weighted by Crippen LogP contribution is -2.33. The average Bonchev–Trinajstić information content (AvgIpc) is 3.72. The van der Waals surface area contributed by atoms with E-state index in [9.17, 15) is 0 Å². The predicted octanol–water partition coefficient (Wildman–Crippen LogP) is 11.5. The Labute approximate surface area is 327 Å². The molecule has 2 aromatic heterocycles. The number of para-hydroxylation sites is 1. The molecule has 6 aromatic carbocycles. The number of benzene rings is 6. The first-order valence-electron chi connectivity index (χ1n) is 19.9. The minimum absolute atomic E-state index is 0.0457. The van der Waals surface area contributed by atoms with Gasteiger partial charge in [-0.1, -0.05) is 159 Å². The van der Waals surface area contributed by atoms with Crippen LogP contribution in [0, 0.1) is 5.92 Å². The van der Waals surface area contributed by atoms with E-state index in [1.165, 1.54) is 61.2 Å². The number of allylic oxidation sites excluding steroid dienone is 1. The highest BCUT2D eigenvalue weighted by Gasteiger charge is 2.48. The zero-order valence-corrected chi connectivity index (χ0v) is 31.7. The Morgan fingerprint density at radius 2 is 1.21 bits per heavy atom. The van der Waals surface area contributed by atoms with E-state index in [4.69, 9.17) is 9.97 Å². The Balaban J connectivity index is 1.01. The van der Waals surface area contributed by atoms with Crippen LogP contribution in [0.4, 0.5) is 0 Å². The molecule has 11 rings (SSSR count). The minimum Gasteiger partial charge on any atom is -0.310 e. The molecular formula is C53H41N3. The summed E-state index contributed by atoms with van der Waals surface area (Å²) < 4.78 is 2.47. The van der Waals surface area contributed by atoms with Crippen molar-refractivity contribution in [3.8, 4) is 50.6 Å². The van der Waals surface area contributed by atoms with Crippen molar-refractivity contribution in [1.82, 2.24) is 14.5 Å². The maximum Gasteiger partial charge on any atom is 0.160 e. The molecule has 0 fully saturated rings. The lowest BCUT2D eigenvalue weighted by molar-refractivity contribution is 0.391. The summed E-state index contributed by atoms with van der Waals surface area (Å²) in [5.41, 5.74) is 16.1. The van der Waals surface area contributed by atoms with Crippen LogP contribution in [0.25, 0.3) is 79.7 Å². The second kappa shape index (κ2) is 12.7. The van der Waals surface area contributed by atoms with Crippen molar-refractivity contribution >= 4 is 29.1 Å². The van der Waals surface area contributed by atoms with Crippen LogP contribution in [-0.4, -0.2) is 14.5 Å². The van der Waals surface area contributed by atoms with Gasteiger partial charge in [0.1, 0.15) is 0 Å². The van der Waals surface area contributed by atoms with E-state index in [0.29, 0.717) is 11.8 Å². The summed E-state index contributed by atoms with van der Waals surface area (Å²) in [7, 11) is 0. The van der Waals surface area contributed by atoms with E-state index in [-0.39, 0.29) is 5.41 Å². The maximum absolute atomic E-state index is 5.24. The van der Waals surface area contributed by atoms with Crippen LogP contribution in [0.3, 0.4) is 0 Å². The monoisotopic (exact) mass is 719 g/mol. The fourth-order valence-corrected chi connectivity index (χ4v) is 9.79. The molecule has 0 aliphatic heterocycles. The Kier molecular flexibility index (Phi) is 7.47. The molecule has 3 nitrogen and oxygen atoms in total. The van der Waals surface area contributed by atoms with Crippen molar-refractivity contribution in [2.24, 2.45) is 5.92 Å². The van der Waals surface area contributed by atoms with Gasteiger partial charge in [0, 0.05) is 33.3 Å². The van der Waals surface area contributed by atoms with Crippen LogP contribution in [-0.2, 0) is 5.41 Å². The molecule has 0 saturated heterocycles. The molecule has 56 heavy (non-hydrogen) atoms. The summed E-state index contributed by atoms with van der Waals surface area (Å²) in [6.45, 7) is 4.84. The van der Waals surface area contributed by atoms with Gasteiger partial charge in [0.25, 0.3) is 0 Å². The van der Waals surface area contributed by atoms with Crippen LogP contribution >= 0.6 is 0 Å². The molecule has 0 radical (unpaired) electrons. The third kappa shape index (κ3) is 5.11. The molecule has 2 atom stereocenters. The fraction of sp³-hybridized carbons (Fsp3) is 0.132. The Bertz CT molecular complexity index is 2970. The zero-order valence-electron chi connectivity index (χ0n) is 31.7. The lowest BCUT2D eigenvalue weighted by atomic mass is 9.71. The van der Waals surface area contributed by atoms with Crippen molar-refractivity contribution in [1.29, 1.82) is 0 Å². The SMILES string of the molecule is CC1(C)c2ccccc2C2c3c(n(-c4ccccc4)c4ccc(-c5ccc(-c6nc(-c7ccc(-c8ccccc8)cc7)c7c(n6)=CCCC=7)cc5)cc34)C=CC21. The average molecular weight is 720 g/mol. The highest BCUT2D eigenvalue weighted by molar-refractivity contribution is 5.95. The fourth-order valence-electron chi connectivity index (χ4n) is 9.79. The quantitative estimate of drug-likeness (QED) is 0.177. The van der Waals surface area contributed by atoms with Gasteiger partial charge < -0.3 is 4.57 Å². The molecule has 0 spiro atoms. The smallest absolute Gasteiger partial charge is 0.160 e. The summed E-state index contributed by atoms with van der Waals surface area (Å²) in [5, 5.41) is 3.48. The lowest BCUT2D eigenvalue weighted by Gasteiger charge is -2.32. The molecule has 0 amide bonds. The highest BCUT2D eigenvalue weighted by atomic mass is 15.0. The van der Waals surface area contributed by atoms with Gasteiger partial charge in [0.2, 0.25) is 0 Å². The van der Waals surface area contributed by atoms with Gasteiger partial charge in [-0.3, -0.25) is 0 Å². The number of rotatable bonds is 5. The van der Waals surface area contributed by atoms with Gasteiger partial charge in [-0.2, -0.15) is 0 Å². The van der Waals surface area contributed by atoms with E-state index in [1.807, 2.05) is 0 Å². The van der Waals surface area contributed by atoms with E-state index < -0.39 is 0 Å². The molecule has 8 aromatic rings. The van der Waals surface area contributed by atoms with Crippen molar-refractivity contribution in [2.75, 3.05) is 0 Å². The maximum atomic E-state index is 5.24. The first-order chi connectivity index (χ1) is 27.5. The summed E-state index contributed by atoms with van der Waals surface area (Å²) in [4.78, 5) is 10.4. The van der Waals surface area contributed by atoms with Gasteiger partial charge in [-0.05, 0) is 93.5 Å². The second-order valence-electron chi connectivity index (χ2n) is 16.1. The predicted molar refractivity (Wildman–Crippen MR) is 232 cm³/mol. The Morgan fingerprint density at radius 3 is 2.00 bits per heavy atom. The first-order valence-corrected chi connectivity index (χ1v) is 19.9. The van der Waals surface area contributed by atoms with Crippen LogP contribution in [0.15, 0.2) is 158 Å². The molecule has 0 bridgehead atoms. The molecule has 0 N–H and O–H groups in total. The molecule has 3 aliphatic carbocycles. The van der Waals surface area contributed by atoms with Gasteiger partial charge in [0.15, 0.2) is 5.82 Å². The molecule has 268 valence electrons. The minimum atomic E-state index is 0.0457. The molecule has 2 heterocycles. The summed E-state index contributed by atoms with van der Waals surface area (Å²) in [5.74, 6) is 1.45. The van der Waals surface area contributed by atoms with E-state index in [2.05, 4.69) is 194 Å². The van der Waals surface area contributed by atoms with Gasteiger partial charge in [-0.15, -0.1) is 0 Å².